The fraction of sp³-hybridized carbons (Fsp3) is 0.375. The van der Waals surface area contributed by atoms with Crippen LogP contribution >= 0.6 is 0 Å². The lowest BCUT2D eigenvalue weighted by Gasteiger charge is -2.30. The maximum absolute atomic E-state index is 15.0. The number of fused-ring (bicyclic) bond motifs is 1. The van der Waals surface area contributed by atoms with Crippen LogP contribution in [0.25, 0.3) is 11.6 Å². The molecule has 0 unspecified atom stereocenters. The fourth-order valence-corrected chi connectivity index (χ4v) is 3.46. The number of aliphatic carboxylic acids is 1. The highest BCUT2D eigenvalue weighted by atomic mass is 19.1. The summed E-state index contributed by atoms with van der Waals surface area (Å²) in [6, 6.07) is 4.05. The van der Waals surface area contributed by atoms with E-state index < -0.39 is 5.97 Å². The van der Waals surface area contributed by atoms with Gasteiger partial charge >= 0.3 is 5.97 Å². The normalized spacial score (nSPS) is 16.7. The van der Waals surface area contributed by atoms with E-state index in [1.54, 1.807) is 6.92 Å². The maximum atomic E-state index is 15.0. The Balaban J connectivity index is 2.58. The Morgan fingerprint density at radius 2 is 2.00 bits per heavy atom. The van der Waals surface area contributed by atoms with E-state index in [1.165, 1.54) is 17.7 Å². The van der Waals surface area contributed by atoms with E-state index >= 15 is 4.39 Å². The number of benzene rings is 1. The van der Waals surface area contributed by atoms with Gasteiger partial charge in [0, 0.05) is 11.6 Å². The van der Waals surface area contributed by atoms with Crippen molar-refractivity contribution in [2.24, 2.45) is 0 Å². The molecule has 1 aliphatic carbocycles. The first-order chi connectivity index (χ1) is 13.2. The summed E-state index contributed by atoms with van der Waals surface area (Å²) in [7, 11) is 0. The van der Waals surface area contributed by atoms with Gasteiger partial charge in [0.2, 0.25) is 0 Å². The first kappa shape index (κ1) is 21.7. The zero-order chi connectivity index (χ0) is 20.9. The minimum absolute atomic E-state index is 0.00173. The number of allylic oxidation sites excluding steroid dienone is 6. The summed E-state index contributed by atoms with van der Waals surface area (Å²) in [5.74, 6) is -0.756. The summed E-state index contributed by atoms with van der Waals surface area (Å²) in [6.45, 7) is 10.3. The quantitative estimate of drug-likeness (QED) is 0.433. The average molecular weight is 384 g/mol. The summed E-state index contributed by atoms with van der Waals surface area (Å²) in [5, 5.41) is 8.79. The first-order valence-corrected chi connectivity index (χ1v) is 9.65. The number of ether oxygens (including phenoxy) is 1. The summed E-state index contributed by atoms with van der Waals surface area (Å²) in [6.07, 6.45) is 9.52. The van der Waals surface area contributed by atoms with E-state index in [1.807, 2.05) is 26.0 Å². The molecular weight excluding hydrogens is 355 g/mol. The van der Waals surface area contributed by atoms with Crippen LogP contribution in [0.2, 0.25) is 0 Å². The van der Waals surface area contributed by atoms with E-state index in [-0.39, 0.29) is 11.2 Å². The van der Waals surface area contributed by atoms with Crippen LogP contribution in [0.5, 0.6) is 5.75 Å². The maximum Gasteiger partial charge on any atom is 0.328 e. The van der Waals surface area contributed by atoms with Crippen molar-refractivity contribution >= 4 is 17.6 Å². The van der Waals surface area contributed by atoms with Gasteiger partial charge in [-0.25, -0.2) is 9.18 Å². The summed E-state index contributed by atoms with van der Waals surface area (Å²) in [4.78, 5) is 10.7. The zero-order valence-corrected chi connectivity index (χ0v) is 17.3. The monoisotopic (exact) mass is 384 g/mol. The molecule has 0 radical (unpaired) electrons. The molecule has 0 amide bonds. The molecule has 0 heterocycles. The third kappa shape index (κ3) is 5.00. The molecule has 1 aromatic rings. The first-order valence-electron chi connectivity index (χ1n) is 9.65. The van der Waals surface area contributed by atoms with E-state index in [0.29, 0.717) is 29.9 Å². The predicted octanol–water partition coefficient (Wildman–Crippen LogP) is 6.46. The highest BCUT2D eigenvalue weighted by Crippen LogP contribution is 2.41. The minimum Gasteiger partial charge on any atom is -0.493 e. The lowest BCUT2D eigenvalue weighted by atomic mass is 9.75. The van der Waals surface area contributed by atoms with Crippen LogP contribution in [0.1, 0.15) is 64.2 Å². The van der Waals surface area contributed by atoms with Crippen molar-refractivity contribution in [3.05, 3.63) is 64.5 Å². The fourth-order valence-electron chi connectivity index (χ4n) is 3.46. The molecule has 28 heavy (non-hydrogen) atoms. The molecule has 4 heteroatoms. The zero-order valence-electron chi connectivity index (χ0n) is 17.3. The average Bonchev–Trinajstić information content (AvgIpc) is 2.61. The van der Waals surface area contributed by atoms with Gasteiger partial charge in [0.15, 0.2) is 0 Å². The summed E-state index contributed by atoms with van der Waals surface area (Å²) < 4.78 is 20.9. The Kier molecular flexibility index (Phi) is 7.00. The van der Waals surface area contributed by atoms with Gasteiger partial charge in [0.25, 0.3) is 0 Å². The molecule has 0 fully saturated rings. The lowest BCUT2D eigenvalue weighted by Crippen LogP contribution is -2.20. The minimum atomic E-state index is -1.05. The van der Waals surface area contributed by atoms with Crippen LogP contribution < -0.4 is 4.74 Å². The smallest absolute Gasteiger partial charge is 0.328 e. The number of carbonyl (C=O) groups is 1. The number of hydrogen-bond donors (Lipinski definition) is 1. The van der Waals surface area contributed by atoms with Crippen LogP contribution in [0, 0.1) is 0 Å². The standard InChI is InChI=1S/C24H29FO3/c1-6-18(21(25)11-10-16(3)13-23(26)27)19-14-17-9-8-12-24(4,5)20(17)15-22(19)28-7-2/h8-11,13-15H,6-7,12H2,1-5H3,(H,26,27)/b11-10+,16-13+,21-18+. The lowest BCUT2D eigenvalue weighted by molar-refractivity contribution is -0.131. The van der Waals surface area contributed by atoms with Crippen LogP contribution in [0.3, 0.4) is 0 Å². The Morgan fingerprint density at radius 3 is 2.61 bits per heavy atom. The topological polar surface area (TPSA) is 46.5 Å². The third-order valence-electron chi connectivity index (χ3n) is 4.92. The second-order valence-electron chi connectivity index (χ2n) is 7.60. The number of carboxylic acid groups (broad SMARTS) is 1. The molecule has 2 rings (SSSR count). The highest BCUT2D eigenvalue weighted by molar-refractivity contribution is 5.81. The van der Waals surface area contributed by atoms with Crippen LogP contribution in [0.4, 0.5) is 4.39 Å². The van der Waals surface area contributed by atoms with E-state index in [0.717, 1.165) is 23.6 Å². The van der Waals surface area contributed by atoms with E-state index in [9.17, 15) is 4.79 Å². The van der Waals surface area contributed by atoms with Gasteiger partial charge in [-0.3, -0.25) is 0 Å². The molecule has 0 atom stereocenters. The number of carboxylic acids is 1. The molecule has 3 nitrogen and oxygen atoms in total. The van der Waals surface area contributed by atoms with Crippen molar-refractivity contribution < 1.29 is 19.0 Å². The number of hydrogen-bond acceptors (Lipinski definition) is 2. The van der Waals surface area contributed by atoms with Crippen molar-refractivity contribution in [2.45, 2.75) is 52.9 Å². The van der Waals surface area contributed by atoms with E-state index in [2.05, 4.69) is 26.0 Å². The van der Waals surface area contributed by atoms with Crippen molar-refractivity contribution in [3.63, 3.8) is 0 Å². The summed E-state index contributed by atoms with van der Waals surface area (Å²) >= 11 is 0. The molecule has 0 aliphatic heterocycles. The number of halogens is 1. The van der Waals surface area contributed by atoms with Crippen molar-refractivity contribution in [1.82, 2.24) is 0 Å². The van der Waals surface area contributed by atoms with Crippen molar-refractivity contribution in [2.75, 3.05) is 6.61 Å². The van der Waals surface area contributed by atoms with Crippen molar-refractivity contribution in [3.8, 4) is 5.75 Å². The van der Waals surface area contributed by atoms with Crippen LogP contribution in [-0.2, 0) is 10.2 Å². The van der Waals surface area contributed by atoms with Gasteiger partial charge in [-0.1, -0.05) is 39.0 Å². The highest BCUT2D eigenvalue weighted by Gasteiger charge is 2.27. The second kappa shape index (κ2) is 9.05. The summed E-state index contributed by atoms with van der Waals surface area (Å²) in [5.41, 5.74) is 4.04. The molecule has 1 aliphatic rings. The molecule has 0 saturated heterocycles. The SMILES string of the molecule is CCOc1cc2c(cc1\C(CC)=C(F)/C=C/C(C)=C/C(=O)O)C=CCC2(C)C. The van der Waals surface area contributed by atoms with Gasteiger partial charge in [0.1, 0.15) is 11.6 Å². The van der Waals surface area contributed by atoms with Gasteiger partial charge in [0.05, 0.1) is 6.61 Å². The Labute approximate surface area is 166 Å². The van der Waals surface area contributed by atoms with Gasteiger partial charge < -0.3 is 9.84 Å². The largest absolute Gasteiger partial charge is 0.493 e. The van der Waals surface area contributed by atoms with Gasteiger partial charge in [-0.15, -0.1) is 0 Å². The van der Waals surface area contributed by atoms with Crippen LogP contribution in [-0.4, -0.2) is 17.7 Å². The molecule has 150 valence electrons. The number of rotatable bonds is 7. The Morgan fingerprint density at radius 1 is 1.29 bits per heavy atom. The van der Waals surface area contributed by atoms with Gasteiger partial charge in [-0.2, -0.15) is 0 Å². The molecule has 0 bridgehead atoms. The molecule has 1 N–H and O–H groups in total. The van der Waals surface area contributed by atoms with Crippen molar-refractivity contribution in [1.29, 1.82) is 0 Å². The molecule has 0 spiro atoms. The Hall–Kier alpha value is -2.62. The molecule has 0 saturated carbocycles. The molecule has 0 aromatic heterocycles. The molecular formula is C24H29FO3. The van der Waals surface area contributed by atoms with E-state index in [4.69, 9.17) is 9.84 Å². The van der Waals surface area contributed by atoms with Crippen LogP contribution in [0.15, 0.2) is 47.8 Å². The Bertz CT molecular complexity index is 870. The van der Waals surface area contributed by atoms with Gasteiger partial charge in [-0.05, 0) is 72.6 Å². The predicted molar refractivity (Wildman–Crippen MR) is 113 cm³/mol. The second-order valence-corrected chi connectivity index (χ2v) is 7.60. The third-order valence-corrected chi connectivity index (χ3v) is 4.92. The molecule has 1 aromatic carbocycles.